The maximum absolute atomic E-state index is 13.4. The van der Waals surface area contributed by atoms with Gasteiger partial charge in [0.2, 0.25) is 0 Å². The number of hydrogen-bond acceptors (Lipinski definition) is 6. The van der Waals surface area contributed by atoms with Crippen LogP contribution in [0.3, 0.4) is 0 Å². The Labute approximate surface area is 172 Å². The summed E-state index contributed by atoms with van der Waals surface area (Å²) in [5.74, 6) is -0.664. The van der Waals surface area contributed by atoms with Crippen molar-refractivity contribution in [2.75, 3.05) is 6.61 Å². The van der Waals surface area contributed by atoms with Crippen molar-refractivity contribution in [2.24, 2.45) is 11.1 Å². The standard InChI is InChI=1S/C19H23F3N2O5S/c1-2-18(30(27,28)14-5-3-4-13(10-14)19(20,21)22)8-9-29-15(11-18)17(25)23-16(24-26)12-6-7-12/h3-5,10,12,15-16H,2,6-9,11H2,1H3,(H,23,25). The minimum Gasteiger partial charge on any atom is -0.368 e. The fourth-order valence-electron chi connectivity index (χ4n) is 3.78. The van der Waals surface area contributed by atoms with Crippen LogP contribution in [-0.2, 0) is 25.5 Å². The van der Waals surface area contributed by atoms with Gasteiger partial charge in [-0.3, -0.25) is 4.79 Å². The van der Waals surface area contributed by atoms with E-state index in [-0.39, 0.29) is 31.8 Å². The Hall–Kier alpha value is -2.01. The van der Waals surface area contributed by atoms with Gasteiger partial charge in [0.1, 0.15) is 6.10 Å². The number of sulfone groups is 1. The van der Waals surface area contributed by atoms with E-state index in [9.17, 15) is 31.3 Å². The second-order valence-electron chi connectivity index (χ2n) is 7.78. The smallest absolute Gasteiger partial charge is 0.368 e. The Kier molecular flexibility index (Phi) is 6.24. The third-order valence-electron chi connectivity index (χ3n) is 5.88. The van der Waals surface area contributed by atoms with Gasteiger partial charge >= 0.3 is 6.18 Å². The highest BCUT2D eigenvalue weighted by molar-refractivity contribution is 7.92. The highest BCUT2D eigenvalue weighted by atomic mass is 32.2. The van der Waals surface area contributed by atoms with E-state index in [1.54, 1.807) is 6.92 Å². The topological polar surface area (TPSA) is 102 Å². The van der Waals surface area contributed by atoms with Crippen molar-refractivity contribution in [3.8, 4) is 0 Å². The first-order valence-electron chi connectivity index (χ1n) is 9.70. The van der Waals surface area contributed by atoms with Crippen molar-refractivity contribution in [1.29, 1.82) is 0 Å². The summed E-state index contributed by atoms with van der Waals surface area (Å²) >= 11 is 0. The minimum atomic E-state index is -4.68. The van der Waals surface area contributed by atoms with Gasteiger partial charge in [-0.25, -0.2) is 8.42 Å². The van der Waals surface area contributed by atoms with E-state index in [2.05, 4.69) is 10.5 Å². The van der Waals surface area contributed by atoms with Crippen LogP contribution in [-0.4, -0.2) is 37.9 Å². The largest absolute Gasteiger partial charge is 0.416 e. The van der Waals surface area contributed by atoms with Crippen molar-refractivity contribution >= 4 is 15.7 Å². The van der Waals surface area contributed by atoms with E-state index in [4.69, 9.17) is 4.74 Å². The van der Waals surface area contributed by atoms with E-state index >= 15 is 0 Å². The number of rotatable bonds is 7. The lowest BCUT2D eigenvalue weighted by Gasteiger charge is -2.39. The number of hydrogen-bond donors (Lipinski definition) is 1. The van der Waals surface area contributed by atoms with Crippen molar-refractivity contribution in [1.82, 2.24) is 5.32 Å². The predicted octanol–water partition coefficient (Wildman–Crippen LogP) is 3.43. The van der Waals surface area contributed by atoms with E-state index in [1.165, 1.54) is 0 Å². The van der Waals surface area contributed by atoms with Crippen LogP contribution in [0.5, 0.6) is 0 Å². The predicted molar refractivity (Wildman–Crippen MR) is 101 cm³/mol. The van der Waals surface area contributed by atoms with E-state index in [0.29, 0.717) is 6.07 Å². The lowest BCUT2D eigenvalue weighted by Crippen LogP contribution is -2.52. The number of ether oxygens (including phenoxy) is 1. The number of carbonyl (C=O) groups is 1. The molecule has 1 N–H and O–H groups in total. The molecule has 30 heavy (non-hydrogen) atoms. The molecule has 166 valence electrons. The van der Waals surface area contributed by atoms with Crippen LogP contribution in [0.15, 0.2) is 34.3 Å². The summed E-state index contributed by atoms with van der Waals surface area (Å²) in [5.41, 5.74) is -1.06. The van der Waals surface area contributed by atoms with Crippen LogP contribution in [0.25, 0.3) is 0 Å². The molecule has 0 aromatic heterocycles. The van der Waals surface area contributed by atoms with Gasteiger partial charge in [0, 0.05) is 18.9 Å². The van der Waals surface area contributed by atoms with Gasteiger partial charge in [-0.2, -0.15) is 13.2 Å². The average molecular weight is 448 g/mol. The Morgan fingerprint density at radius 3 is 2.63 bits per heavy atom. The molecule has 1 aromatic rings. The zero-order valence-electron chi connectivity index (χ0n) is 16.3. The number of benzene rings is 1. The van der Waals surface area contributed by atoms with Gasteiger partial charge in [0.05, 0.1) is 15.2 Å². The second kappa shape index (κ2) is 8.26. The molecule has 3 rings (SSSR count). The van der Waals surface area contributed by atoms with Crippen LogP contribution >= 0.6 is 0 Å². The van der Waals surface area contributed by atoms with Gasteiger partial charge in [-0.1, -0.05) is 13.0 Å². The maximum Gasteiger partial charge on any atom is 0.416 e. The monoisotopic (exact) mass is 448 g/mol. The molecule has 0 radical (unpaired) electrons. The van der Waals surface area contributed by atoms with Crippen molar-refractivity contribution < 1.29 is 31.1 Å². The Morgan fingerprint density at radius 1 is 1.37 bits per heavy atom. The summed E-state index contributed by atoms with van der Waals surface area (Å²) in [6.45, 7) is 1.57. The lowest BCUT2D eigenvalue weighted by molar-refractivity contribution is -0.138. The molecule has 7 nitrogen and oxygen atoms in total. The van der Waals surface area contributed by atoms with Crippen molar-refractivity contribution in [3.05, 3.63) is 34.7 Å². The average Bonchev–Trinajstić information content (AvgIpc) is 3.56. The molecule has 3 atom stereocenters. The molecule has 1 amide bonds. The number of alkyl halides is 3. The number of nitroso groups, excluding NO2 is 1. The molecule has 1 heterocycles. The fraction of sp³-hybridized carbons (Fsp3) is 0.632. The summed E-state index contributed by atoms with van der Waals surface area (Å²) in [4.78, 5) is 23.1. The molecular weight excluding hydrogens is 425 g/mol. The molecule has 0 bridgehead atoms. The summed E-state index contributed by atoms with van der Waals surface area (Å²) in [6.07, 6.45) is -5.25. The van der Waals surface area contributed by atoms with Crippen LogP contribution in [0.4, 0.5) is 13.2 Å². The Bertz CT molecular complexity index is 917. The first-order valence-corrected chi connectivity index (χ1v) is 11.2. The fourth-order valence-corrected chi connectivity index (χ4v) is 5.92. The Morgan fingerprint density at radius 2 is 2.07 bits per heavy atom. The van der Waals surface area contributed by atoms with Gasteiger partial charge in [0.25, 0.3) is 5.91 Å². The zero-order chi connectivity index (χ0) is 22.2. The quantitative estimate of drug-likeness (QED) is 0.644. The molecule has 3 unspecified atom stereocenters. The van der Waals surface area contributed by atoms with Crippen LogP contribution in [0.1, 0.15) is 44.6 Å². The van der Waals surface area contributed by atoms with Crippen LogP contribution in [0, 0.1) is 10.8 Å². The summed E-state index contributed by atoms with van der Waals surface area (Å²) in [6, 6.07) is 3.61. The van der Waals surface area contributed by atoms with E-state index in [1.807, 2.05) is 0 Å². The molecule has 1 saturated carbocycles. The summed E-state index contributed by atoms with van der Waals surface area (Å²) in [5, 5.41) is 5.40. The molecule has 1 aliphatic carbocycles. The highest BCUT2D eigenvalue weighted by Gasteiger charge is 2.49. The Balaban J connectivity index is 1.86. The van der Waals surface area contributed by atoms with Gasteiger partial charge in [-0.15, -0.1) is 4.91 Å². The molecule has 1 aliphatic heterocycles. The second-order valence-corrected chi connectivity index (χ2v) is 10.1. The van der Waals surface area contributed by atoms with Crippen molar-refractivity contribution in [3.63, 3.8) is 0 Å². The van der Waals surface area contributed by atoms with Crippen LogP contribution < -0.4 is 5.32 Å². The third-order valence-corrected chi connectivity index (χ3v) is 8.56. The van der Waals surface area contributed by atoms with E-state index < -0.39 is 49.4 Å². The molecule has 2 fully saturated rings. The van der Waals surface area contributed by atoms with E-state index in [0.717, 1.165) is 31.0 Å². The molecule has 1 aromatic carbocycles. The molecular formula is C19H23F3N2O5S. The third kappa shape index (κ3) is 4.36. The number of carbonyl (C=O) groups excluding carboxylic acids is 1. The van der Waals surface area contributed by atoms with Gasteiger partial charge in [-0.05, 0) is 49.1 Å². The number of nitrogens with one attached hydrogen (secondary N) is 1. The highest BCUT2D eigenvalue weighted by Crippen LogP contribution is 2.41. The first-order chi connectivity index (χ1) is 14.0. The minimum absolute atomic E-state index is 0.0280. The summed E-state index contributed by atoms with van der Waals surface area (Å²) in [7, 11) is -4.21. The van der Waals surface area contributed by atoms with Gasteiger partial charge in [0.15, 0.2) is 16.0 Å². The van der Waals surface area contributed by atoms with Crippen LogP contribution in [0.2, 0.25) is 0 Å². The first kappa shape index (κ1) is 22.7. The zero-order valence-corrected chi connectivity index (χ0v) is 17.1. The molecule has 2 aliphatic rings. The van der Waals surface area contributed by atoms with Crippen molar-refractivity contribution in [2.45, 2.75) is 67.1 Å². The van der Waals surface area contributed by atoms with Gasteiger partial charge < -0.3 is 10.1 Å². The number of amides is 1. The molecule has 0 spiro atoms. The number of halogens is 3. The maximum atomic E-state index is 13.4. The lowest BCUT2D eigenvalue weighted by atomic mass is 9.91. The summed E-state index contributed by atoms with van der Waals surface area (Å²) < 4.78 is 69.9. The SMILES string of the molecule is CCC1(S(=O)(=O)c2cccc(C(F)(F)F)c2)CCOC(C(=O)NC(N=O)C2CC2)C1. The number of nitrogens with zero attached hydrogens (tertiary/aromatic N) is 1. The normalized spacial score (nSPS) is 26.1. The molecule has 11 heteroatoms. The molecule has 1 saturated heterocycles.